The molecule has 3 aromatic rings. The van der Waals surface area contributed by atoms with Crippen LogP contribution >= 0.6 is 11.8 Å². The molecule has 0 aromatic heterocycles. The number of hydrogen-bond donors (Lipinski definition) is 0. The predicted octanol–water partition coefficient (Wildman–Crippen LogP) is 10.9. The van der Waals surface area contributed by atoms with E-state index in [9.17, 15) is 0 Å². The van der Waals surface area contributed by atoms with E-state index in [4.69, 9.17) is 0 Å². The number of thioether (sulfide) groups is 1. The van der Waals surface area contributed by atoms with Crippen molar-refractivity contribution in [1.82, 2.24) is 0 Å². The van der Waals surface area contributed by atoms with Crippen molar-refractivity contribution >= 4 is 92.6 Å². The molecule has 0 bridgehead atoms. The van der Waals surface area contributed by atoms with Gasteiger partial charge in [-0.25, -0.2) is 0 Å². The standard InChI is InChI=1S/C42H44S2.2Pb/c1-8-29(36-16-9-11-18-38(36)43)20-22-31-14-13-15-32(23-21-30-24-25-44-39-19-12-10-17-37(30)39)40(31)33-26-34(41(2,3)4)28-35(27-33)42(5,6)7;;/h8-12,16-24,26-28,43H,1,13-15H2,2-7H3;;/p+1/b22-20+,29-8-,30-21+,32-23+;;. The molecule has 0 nitrogen and oxygen atoms in total. The normalized spacial score (nSPS) is 18.0. The summed E-state index contributed by atoms with van der Waals surface area (Å²) in [5.41, 5.74) is 13.8. The van der Waals surface area contributed by atoms with E-state index in [1.165, 1.54) is 63.0 Å². The first-order chi connectivity index (χ1) is 21.8. The van der Waals surface area contributed by atoms with E-state index in [0.29, 0.717) is 0 Å². The van der Waals surface area contributed by atoms with Gasteiger partial charge in [0, 0.05) is 0 Å². The van der Waals surface area contributed by atoms with Gasteiger partial charge in [-0.2, -0.15) is 0 Å². The van der Waals surface area contributed by atoms with Gasteiger partial charge in [0.15, 0.2) is 0 Å². The monoisotopic (exact) mass is 1030 g/mol. The minimum absolute atomic E-state index is 0.0586. The fourth-order valence-corrected chi connectivity index (χ4v) is 9.99. The molecule has 2 aliphatic rings. The molecule has 0 saturated carbocycles. The van der Waals surface area contributed by atoms with Crippen LogP contribution in [0.25, 0.3) is 16.7 Å². The van der Waals surface area contributed by atoms with Crippen molar-refractivity contribution in [3.63, 3.8) is 0 Å². The van der Waals surface area contributed by atoms with E-state index >= 15 is 0 Å². The van der Waals surface area contributed by atoms with Crippen LogP contribution in [0.15, 0.2) is 127 Å². The summed E-state index contributed by atoms with van der Waals surface area (Å²) in [4.78, 5) is 2.52. The Morgan fingerprint density at radius 1 is 0.870 bits per heavy atom. The SMILES string of the molecule is CC(C)(C)c1cc(C2=C(/C=C/C(=C/[CH2][Pb])c3ccccc3[SH2+])CCC/C2=C\C=C2/C=[C]([Pb])Sc3ccccc32)cc(C(C)(C)C)c1. The minimum atomic E-state index is 0.0586. The average molecular weight is 1030 g/mol. The van der Waals surface area contributed by atoms with E-state index in [-0.39, 0.29) is 10.8 Å². The van der Waals surface area contributed by atoms with Gasteiger partial charge in [-0.05, 0) is 0 Å². The molecule has 0 N–H and O–H groups in total. The third-order valence-corrected chi connectivity index (χ3v) is 12.6. The van der Waals surface area contributed by atoms with E-state index in [1.807, 2.05) is 11.8 Å². The van der Waals surface area contributed by atoms with Crippen LogP contribution in [0, 0.1) is 0 Å². The van der Waals surface area contributed by atoms with Gasteiger partial charge in [-0.15, -0.1) is 0 Å². The molecule has 1 aliphatic heterocycles. The Hall–Kier alpha value is -1.36. The Morgan fingerprint density at radius 3 is 2.22 bits per heavy atom. The van der Waals surface area contributed by atoms with Crippen molar-refractivity contribution in [2.45, 2.75) is 85.4 Å². The summed E-state index contributed by atoms with van der Waals surface area (Å²) in [6.07, 6.45) is 17.8. The van der Waals surface area contributed by atoms with Crippen LogP contribution in [0.5, 0.6) is 0 Å². The molecular weight excluding hydrogens is 983 g/mol. The van der Waals surface area contributed by atoms with Crippen molar-refractivity contribution in [2.75, 3.05) is 0 Å². The molecule has 4 heteroatoms. The van der Waals surface area contributed by atoms with E-state index in [0.717, 1.165) is 79.7 Å². The molecule has 0 atom stereocenters. The van der Waals surface area contributed by atoms with Gasteiger partial charge < -0.3 is 0 Å². The first kappa shape index (κ1) is 35.9. The third kappa shape index (κ3) is 8.81. The van der Waals surface area contributed by atoms with Gasteiger partial charge in [0.2, 0.25) is 0 Å². The van der Waals surface area contributed by atoms with Crippen LogP contribution in [-0.2, 0) is 23.5 Å². The van der Waals surface area contributed by atoms with E-state index in [2.05, 4.69) is 157 Å². The summed E-state index contributed by atoms with van der Waals surface area (Å²) < 4.78 is 2.60. The molecule has 232 valence electrons. The Kier molecular flexibility index (Phi) is 12.1. The summed E-state index contributed by atoms with van der Waals surface area (Å²) >= 11 is 8.02. The summed E-state index contributed by atoms with van der Waals surface area (Å²) in [5.74, 6) is 0. The van der Waals surface area contributed by atoms with Gasteiger partial charge >= 0.3 is 323 Å². The first-order valence-corrected chi connectivity index (χ1v) is 22.2. The number of rotatable bonds is 6. The van der Waals surface area contributed by atoms with E-state index < -0.39 is 0 Å². The number of allylic oxidation sites excluding steroid dienone is 11. The maximum absolute atomic E-state index is 3.88. The van der Waals surface area contributed by atoms with Gasteiger partial charge in [-0.1, -0.05) is 0 Å². The molecular formula is C42H45Pb2S2+. The van der Waals surface area contributed by atoms with E-state index in [1.54, 1.807) is 0 Å². The second-order valence-corrected chi connectivity index (χ2v) is 20.9. The molecule has 0 amide bonds. The van der Waals surface area contributed by atoms with Crippen LogP contribution < -0.4 is 0 Å². The van der Waals surface area contributed by atoms with Crippen molar-refractivity contribution in [2.24, 2.45) is 0 Å². The first-order valence-electron chi connectivity index (χ1n) is 16.2. The fraction of sp³-hybridized carbons (Fsp3) is 0.286. The van der Waals surface area contributed by atoms with Crippen molar-refractivity contribution < 1.29 is 0 Å². The maximum atomic E-state index is 3.88. The molecule has 1 heterocycles. The quantitative estimate of drug-likeness (QED) is 0.135. The molecule has 1 aliphatic carbocycles. The van der Waals surface area contributed by atoms with Gasteiger partial charge in [0.25, 0.3) is 0 Å². The van der Waals surface area contributed by atoms with Crippen molar-refractivity contribution in [1.29, 1.82) is 0 Å². The van der Waals surface area contributed by atoms with Crippen LogP contribution in [-0.4, -0.2) is 51.5 Å². The van der Waals surface area contributed by atoms with Crippen molar-refractivity contribution in [3.05, 3.63) is 145 Å². The van der Waals surface area contributed by atoms with Crippen molar-refractivity contribution in [3.8, 4) is 0 Å². The van der Waals surface area contributed by atoms with Crippen LogP contribution in [0.4, 0.5) is 0 Å². The van der Waals surface area contributed by atoms with Gasteiger partial charge in [0.1, 0.15) is 0 Å². The Morgan fingerprint density at radius 2 is 1.54 bits per heavy atom. The van der Waals surface area contributed by atoms with Crippen LogP contribution in [0.2, 0.25) is 3.98 Å². The summed E-state index contributed by atoms with van der Waals surface area (Å²) in [6.45, 7) is 14.1. The molecule has 0 unspecified atom stereocenters. The number of benzene rings is 3. The molecule has 5 rings (SSSR count). The second-order valence-electron chi connectivity index (χ2n) is 14.2. The summed E-state index contributed by atoms with van der Waals surface area (Å²) in [6, 6.07) is 24.9. The summed E-state index contributed by atoms with van der Waals surface area (Å²) in [7, 11) is 0. The topological polar surface area (TPSA) is 0 Å². The fourth-order valence-electron chi connectivity index (χ4n) is 6.06. The summed E-state index contributed by atoms with van der Waals surface area (Å²) in [5, 5.41) is 0. The van der Waals surface area contributed by atoms with Crippen LogP contribution in [0.1, 0.15) is 88.6 Å². The molecule has 0 fully saturated rings. The Balaban J connectivity index is 1.73. The third-order valence-electron chi connectivity index (χ3n) is 8.68. The van der Waals surface area contributed by atoms with Crippen LogP contribution in [0.3, 0.4) is 0 Å². The zero-order chi connectivity index (χ0) is 33.1. The molecule has 0 saturated heterocycles. The Labute approximate surface area is 319 Å². The Bertz CT molecular complexity index is 1770. The molecule has 6 radical (unpaired) electrons. The average Bonchev–Trinajstić information content (AvgIpc) is 3.01. The predicted molar refractivity (Wildman–Crippen MR) is 209 cm³/mol. The molecule has 3 aromatic carbocycles. The zero-order valence-corrected chi connectivity index (χ0v) is 37.6. The van der Waals surface area contributed by atoms with Gasteiger partial charge in [0.05, 0.1) is 0 Å². The number of hydrogen-bond acceptors (Lipinski definition) is 1. The number of fused-ring (bicyclic) bond motifs is 1. The zero-order valence-electron chi connectivity index (χ0n) is 28.1. The second kappa shape index (κ2) is 15.5. The molecule has 46 heavy (non-hydrogen) atoms. The van der Waals surface area contributed by atoms with Gasteiger partial charge in [-0.3, -0.25) is 0 Å². The molecule has 0 spiro atoms.